The highest BCUT2D eigenvalue weighted by Crippen LogP contribution is 2.35. The summed E-state index contributed by atoms with van der Waals surface area (Å²) in [4.78, 5) is 6.25. The summed E-state index contributed by atoms with van der Waals surface area (Å²) < 4.78 is 64.7. The molecule has 4 aromatic rings. The SMILES string of the molecule is COc1nc(N[C@H]2CCN(C)C[C@H]2F)nn2cc(F)c(-c3ccc4nnn(CC(C)(F)F)c4c3)c12. The Hall–Kier alpha value is -3.48. The van der Waals surface area contributed by atoms with Crippen molar-refractivity contribution in [1.82, 2.24) is 34.5 Å². The van der Waals surface area contributed by atoms with Crippen LogP contribution in [-0.4, -0.2) is 79.9 Å². The number of anilines is 1. The van der Waals surface area contributed by atoms with Gasteiger partial charge in [0.1, 0.15) is 23.7 Å². The van der Waals surface area contributed by atoms with Crippen LogP contribution in [0.1, 0.15) is 13.3 Å². The Morgan fingerprint density at radius 2 is 2.09 bits per heavy atom. The minimum atomic E-state index is -3.00. The van der Waals surface area contributed by atoms with E-state index in [-0.39, 0.29) is 29.5 Å². The first kappa shape index (κ1) is 23.3. The van der Waals surface area contributed by atoms with E-state index >= 15 is 4.39 Å². The first-order chi connectivity index (χ1) is 16.6. The predicted octanol–water partition coefficient (Wildman–Crippen LogP) is 3.40. The third-order valence-electron chi connectivity index (χ3n) is 6.04. The van der Waals surface area contributed by atoms with E-state index in [1.54, 1.807) is 12.1 Å². The van der Waals surface area contributed by atoms with Gasteiger partial charge in [0, 0.05) is 20.0 Å². The van der Waals surface area contributed by atoms with E-state index in [1.165, 1.54) is 23.9 Å². The van der Waals surface area contributed by atoms with Gasteiger partial charge in [-0.2, -0.15) is 4.98 Å². The second-order valence-electron chi connectivity index (χ2n) is 8.93. The number of piperidine rings is 1. The maximum atomic E-state index is 15.2. The summed E-state index contributed by atoms with van der Waals surface area (Å²) in [5.74, 6) is -3.43. The summed E-state index contributed by atoms with van der Waals surface area (Å²) >= 11 is 0. The molecule has 1 saturated heterocycles. The molecule has 0 radical (unpaired) electrons. The van der Waals surface area contributed by atoms with Crippen LogP contribution in [0, 0.1) is 5.82 Å². The number of methoxy groups -OCH3 is 1. The average molecular weight is 492 g/mol. The molecule has 1 N–H and O–H groups in total. The fourth-order valence-electron chi connectivity index (χ4n) is 4.38. The van der Waals surface area contributed by atoms with Crippen molar-refractivity contribution in [3.8, 4) is 17.0 Å². The zero-order valence-corrected chi connectivity index (χ0v) is 19.3. The molecule has 0 amide bonds. The number of fused-ring (bicyclic) bond motifs is 2. The molecule has 5 rings (SSSR count). The molecular formula is C22H24F4N8O. The third kappa shape index (κ3) is 4.47. The lowest BCUT2D eigenvalue weighted by Crippen LogP contribution is -2.46. The van der Waals surface area contributed by atoms with Crippen LogP contribution >= 0.6 is 0 Å². The van der Waals surface area contributed by atoms with E-state index in [2.05, 4.69) is 25.7 Å². The Morgan fingerprint density at radius 3 is 2.80 bits per heavy atom. The van der Waals surface area contributed by atoms with Crippen molar-refractivity contribution < 1.29 is 22.3 Å². The summed E-state index contributed by atoms with van der Waals surface area (Å²) in [5.41, 5.74) is 1.50. The van der Waals surface area contributed by atoms with E-state index in [0.29, 0.717) is 23.0 Å². The van der Waals surface area contributed by atoms with Crippen LogP contribution < -0.4 is 10.1 Å². The number of hydrogen-bond acceptors (Lipinski definition) is 7. The third-order valence-corrected chi connectivity index (χ3v) is 6.04. The van der Waals surface area contributed by atoms with Gasteiger partial charge in [0.25, 0.3) is 5.92 Å². The van der Waals surface area contributed by atoms with Crippen molar-refractivity contribution in [2.75, 3.05) is 32.6 Å². The number of alkyl halides is 3. The van der Waals surface area contributed by atoms with E-state index in [9.17, 15) is 13.2 Å². The number of aromatic nitrogens is 6. The number of hydrogen-bond donors (Lipinski definition) is 1. The summed E-state index contributed by atoms with van der Waals surface area (Å²) in [6, 6.07) is 4.24. The van der Waals surface area contributed by atoms with Crippen LogP contribution in [0.15, 0.2) is 24.4 Å². The summed E-state index contributed by atoms with van der Waals surface area (Å²) in [5, 5.41) is 15.0. The molecule has 0 spiro atoms. The molecular weight excluding hydrogens is 468 g/mol. The summed E-state index contributed by atoms with van der Waals surface area (Å²) in [7, 11) is 3.24. The van der Waals surface area contributed by atoms with Gasteiger partial charge in [0.2, 0.25) is 11.8 Å². The van der Waals surface area contributed by atoms with Crippen LogP contribution in [0.4, 0.5) is 23.5 Å². The molecule has 0 saturated carbocycles. The lowest BCUT2D eigenvalue weighted by molar-refractivity contribution is 0.00130. The molecule has 3 aromatic heterocycles. The van der Waals surface area contributed by atoms with Crippen molar-refractivity contribution >= 4 is 22.5 Å². The molecule has 0 unspecified atom stereocenters. The normalized spacial score (nSPS) is 19.5. The number of benzene rings is 1. The van der Waals surface area contributed by atoms with Gasteiger partial charge in [-0.15, -0.1) is 10.2 Å². The molecule has 2 atom stereocenters. The maximum Gasteiger partial charge on any atom is 0.264 e. The molecule has 13 heteroatoms. The Kier molecular flexibility index (Phi) is 5.74. The Morgan fingerprint density at radius 1 is 1.29 bits per heavy atom. The monoisotopic (exact) mass is 492 g/mol. The molecule has 4 heterocycles. The number of likely N-dealkylation sites (tertiary alicyclic amines) is 1. The quantitative estimate of drug-likeness (QED) is 0.413. The maximum absolute atomic E-state index is 15.2. The minimum Gasteiger partial charge on any atom is -0.479 e. The smallest absolute Gasteiger partial charge is 0.264 e. The molecule has 186 valence electrons. The lowest BCUT2D eigenvalue weighted by atomic mass is 10.0. The van der Waals surface area contributed by atoms with E-state index < -0.39 is 30.5 Å². The lowest BCUT2D eigenvalue weighted by Gasteiger charge is -2.32. The standard InChI is InChI=1S/C22H24F4N8O/c1-22(25,26)11-34-17-8-12(4-5-16(17)29-31-34)18-14(24)10-33-19(18)20(35-3)28-21(30-33)27-15-6-7-32(2)9-13(15)23/h4-5,8,10,13,15H,6-7,9,11H2,1-3H3,(H,27,30)/t13-,15+/m1/s1. The molecule has 9 nitrogen and oxygen atoms in total. The zero-order chi connectivity index (χ0) is 24.9. The fourth-order valence-corrected chi connectivity index (χ4v) is 4.38. The van der Waals surface area contributed by atoms with E-state index in [1.807, 2.05) is 11.9 Å². The first-order valence-electron chi connectivity index (χ1n) is 11.1. The zero-order valence-electron chi connectivity index (χ0n) is 19.3. The van der Waals surface area contributed by atoms with Crippen molar-refractivity contribution in [1.29, 1.82) is 0 Å². The van der Waals surface area contributed by atoms with Crippen LogP contribution in [0.3, 0.4) is 0 Å². The van der Waals surface area contributed by atoms with Gasteiger partial charge < -0.3 is 15.0 Å². The molecule has 1 fully saturated rings. The number of nitrogens with zero attached hydrogens (tertiary/aromatic N) is 7. The Balaban J connectivity index is 1.56. The van der Waals surface area contributed by atoms with Gasteiger partial charge in [-0.3, -0.25) is 0 Å². The second kappa shape index (κ2) is 8.63. The summed E-state index contributed by atoms with van der Waals surface area (Å²) in [6.07, 6.45) is 0.615. The van der Waals surface area contributed by atoms with Crippen molar-refractivity contribution in [3.63, 3.8) is 0 Å². The van der Waals surface area contributed by atoms with Crippen LogP contribution in [0.25, 0.3) is 27.7 Å². The molecule has 1 aliphatic rings. The summed E-state index contributed by atoms with van der Waals surface area (Å²) in [6.45, 7) is 1.13. The Labute approximate surface area is 197 Å². The molecule has 0 aliphatic carbocycles. The fraction of sp³-hybridized carbons (Fsp3) is 0.455. The van der Waals surface area contributed by atoms with E-state index in [4.69, 9.17) is 4.74 Å². The molecule has 1 aromatic carbocycles. The topological polar surface area (TPSA) is 85.4 Å². The molecule has 1 aliphatic heterocycles. The van der Waals surface area contributed by atoms with Crippen molar-refractivity contribution in [3.05, 3.63) is 30.2 Å². The predicted molar refractivity (Wildman–Crippen MR) is 121 cm³/mol. The Bertz CT molecular complexity index is 1380. The molecule has 35 heavy (non-hydrogen) atoms. The number of ether oxygens (including phenoxy) is 1. The van der Waals surface area contributed by atoms with E-state index in [0.717, 1.165) is 18.2 Å². The highest BCUT2D eigenvalue weighted by molar-refractivity contribution is 5.89. The van der Waals surface area contributed by atoms with Crippen molar-refractivity contribution in [2.45, 2.75) is 38.0 Å². The van der Waals surface area contributed by atoms with Crippen LogP contribution in [0.5, 0.6) is 5.88 Å². The first-order valence-corrected chi connectivity index (χ1v) is 11.1. The van der Waals surface area contributed by atoms with Crippen molar-refractivity contribution in [2.24, 2.45) is 0 Å². The number of halogens is 4. The number of nitrogens with one attached hydrogen (secondary N) is 1. The largest absolute Gasteiger partial charge is 0.479 e. The highest BCUT2D eigenvalue weighted by Gasteiger charge is 2.29. The highest BCUT2D eigenvalue weighted by atomic mass is 19.3. The van der Waals surface area contributed by atoms with Gasteiger partial charge in [0.05, 0.1) is 30.4 Å². The second-order valence-corrected chi connectivity index (χ2v) is 8.93. The van der Waals surface area contributed by atoms with Gasteiger partial charge in [-0.1, -0.05) is 11.3 Å². The minimum absolute atomic E-state index is 0.0801. The van der Waals surface area contributed by atoms with Gasteiger partial charge in [0.15, 0.2) is 5.82 Å². The molecule has 0 bridgehead atoms. The average Bonchev–Trinajstić information content (AvgIpc) is 3.33. The van der Waals surface area contributed by atoms with Gasteiger partial charge in [-0.25, -0.2) is 26.8 Å². The number of rotatable bonds is 6. The van der Waals surface area contributed by atoms with Crippen LogP contribution in [-0.2, 0) is 6.54 Å². The van der Waals surface area contributed by atoms with Gasteiger partial charge in [-0.05, 0) is 31.2 Å². The van der Waals surface area contributed by atoms with Gasteiger partial charge >= 0.3 is 0 Å². The van der Waals surface area contributed by atoms with Crippen LogP contribution in [0.2, 0.25) is 0 Å².